The van der Waals surface area contributed by atoms with Gasteiger partial charge in [0.15, 0.2) is 11.5 Å². The number of rotatable bonds is 7. The average Bonchev–Trinajstić information content (AvgIpc) is 3.34. The number of nitrogens with zero attached hydrogens (tertiary/aromatic N) is 4. The Hall–Kier alpha value is -3.52. The van der Waals surface area contributed by atoms with E-state index in [-0.39, 0.29) is 12.5 Å². The summed E-state index contributed by atoms with van der Waals surface area (Å²) in [7, 11) is 0. The molecule has 3 aromatic rings. The minimum atomic E-state index is -0.593. The smallest absolute Gasteiger partial charge is 0.267 e. The summed E-state index contributed by atoms with van der Waals surface area (Å²) >= 11 is 0. The molecule has 3 aliphatic heterocycles. The minimum absolute atomic E-state index is 0.00282. The van der Waals surface area contributed by atoms with Gasteiger partial charge in [0.1, 0.15) is 6.61 Å². The predicted octanol–water partition coefficient (Wildman–Crippen LogP) is 3.92. The highest BCUT2D eigenvalue weighted by atomic mass is 16.6. The lowest BCUT2D eigenvalue weighted by Crippen LogP contribution is -2.54. The van der Waals surface area contributed by atoms with E-state index in [0.29, 0.717) is 36.9 Å². The van der Waals surface area contributed by atoms with Crippen molar-refractivity contribution in [1.82, 2.24) is 19.3 Å². The third kappa shape index (κ3) is 5.76. The van der Waals surface area contributed by atoms with Gasteiger partial charge in [0.25, 0.3) is 5.91 Å². The van der Waals surface area contributed by atoms with Crippen LogP contribution in [0.5, 0.6) is 11.5 Å². The Morgan fingerprint density at radius 2 is 1.56 bits per heavy atom. The number of piperazine rings is 1. The molecule has 2 aromatic carbocycles. The van der Waals surface area contributed by atoms with E-state index in [9.17, 15) is 9.59 Å². The van der Waals surface area contributed by atoms with Crippen molar-refractivity contribution in [3.8, 4) is 11.5 Å². The normalized spacial score (nSPS) is 19.8. The van der Waals surface area contributed by atoms with E-state index >= 15 is 0 Å². The van der Waals surface area contributed by atoms with Crippen molar-refractivity contribution in [2.45, 2.75) is 51.3 Å². The topological polar surface area (TPSA) is 67.2 Å². The zero-order valence-electron chi connectivity index (χ0n) is 22.6. The molecule has 0 bridgehead atoms. The molecule has 0 radical (unpaired) electrons. The van der Waals surface area contributed by atoms with Gasteiger partial charge in [-0.1, -0.05) is 30.3 Å². The van der Waals surface area contributed by atoms with Crippen molar-refractivity contribution in [1.29, 1.82) is 0 Å². The lowest BCUT2D eigenvalue weighted by atomic mass is 10.1. The first-order valence-corrected chi connectivity index (χ1v) is 14.4. The van der Waals surface area contributed by atoms with E-state index in [1.54, 1.807) is 0 Å². The van der Waals surface area contributed by atoms with Gasteiger partial charge < -0.3 is 23.8 Å². The molecule has 2 fully saturated rings. The fraction of sp³-hybridized carbons (Fsp3) is 0.484. The van der Waals surface area contributed by atoms with Crippen LogP contribution in [0.4, 0.5) is 0 Å². The van der Waals surface area contributed by atoms with Crippen LogP contribution in [-0.2, 0) is 22.7 Å². The van der Waals surface area contributed by atoms with Gasteiger partial charge >= 0.3 is 0 Å². The lowest BCUT2D eigenvalue weighted by molar-refractivity contribution is -0.143. The van der Waals surface area contributed by atoms with Crippen LogP contribution < -0.4 is 9.47 Å². The fourth-order valence-corrected chi connectivity index (χ4v) is 6.04. The number of carbonyl (C=O) groups excluding carboxylic acids is 2. The molecule has 206 valence electrons. The highest BCUT2D eigenvalue weighted by Gasteiger charge is 2.32. The summed E-state index contributed by atoms with van der Waals surface area (Å²) in [5, 5.41) is 1.27. The van der Waals surface area contributed by atoms with E-state index in [1.165, 1.54) is 22.9 Å². The molecule has 0 N–H and O–H groups in total. The lowest BCUT2D eigenvalue weighted by Gasteiger charge is -2.37. The Kier molecular flexibility index (Phi) is 7.72. The van der Waals surface area contributed by atoms with Crippen LogP contribution in [0.3, 0.4) is 0 Å². The van der Waals surface area contributed by atoms with Gasteiger partial charge in [0, 0.05) is 62.8 Å². The number of hydrogen-bond acceptors (Lipinski definition) is 5. The van der Waals surface area contributed by atoms with Crippen molar-refractivity contribution in [2.75, 3.05) is 45.9 Å². The summed E-state index contributed by atoms with van der Waals surface area (Å²) in [6.07, 6.45) is 7.59. The van der Waals surface area contributed by atoms with Crippen molar-refractivity contribution >= 4 is 22.7 Å². The molecule has 8 heteroatoms. The van der Waals surface area contributed by atoms with Crippen LogP contribution in [-0.4, -0.2) is 83.1 Å². The minimum Gasteiger partial charge on any atom is -0.485 e. The largest absolute Gasteiger partial charge is 0.485 e. The molecule has 0 unspecified atom stereocenters. The number of fused-ring (bicyclic) bond motifs is 2. The number of likely N-dealkylation sites (tertiary alicyclic amines) is 1. The maximum atomic E-state index is 13.1. The monoisotopic (exact) mass is 530 g/mol. The van der Waals surface area contributed by atoms with Gasteiger partial charge in [0.05, 0.1) is 6.67 Å². The number of para-hydroxylation sites is 3. The maximum Gasteiger partial charge on any atom is 0.267 e. The Labute approximate surface area is 230 Å². The molecule has 1 atom stereocenters. The number of aromatic nitrogens is 1. The van der Waals surface area contributed by atoms with Crippen LogP contribution in [0.15, 0.2) is 54.7 Å². The standard InChI is InChI=1S/C31H38N4O4/c36-30(33-15-6-1-7-16-33)14-8-9-24-21-35(26-11-3-2-10-25(24)26)23-32-17-19-34(20-18-32)31(37)29-22-38-27-12-4-5-13-28(27)39-29/h2-5,10-13,21,29H,1,6-9,14-20,22-23H2/t29-/m0/s1. The molecular formula is C31H38N4O4. The fourth-order valence-electron chi connectivity index (χ4n) is 6.04. The van der Waals surface area contributed by atoms with E-state index in [0.717, 1.165) is 58.5 Å². The Balaban J connectivity index is 1.03. The van der Waals surface area contributed by atoms with Crippen LogP contribution in [0.2, 0.25) is 0 Å². The second-order valence-corrected chi connectivity index (χ2v) is 10.9. The van der Waals surface area contributed by atoms with E-state index in [4.69, 9.17) is 9.47 Å². The third-order valence-electron chi connectivity index (χ3n) is 8.24. The molecule has 0 aliphatic carbocycles. The Bertz CT molecular complexity index is 1310. The first kappa shape index (κ1) is 25.7. The van der Waals surface area contributed by atoms with Crippen LogP contribution in [0, 0.1) is 0 Å². The van der Waals surface area contributed by atoms with Crippen LogP contribution in [0.1, 0.15) is 37.7 Å². The molecule has 0 saturated carbocycles. The average molecular weight is 531 g/mol. The maximum absolute atomic E-state index is 13.1. The zero-order valence-corrected chi connectivity index (χ0v) is 22.6. The molecule has 3 aliphatic rings. The molecule has 1 aromatic heterocycles. The number of carbonyl (C=O) groups is 2. The zero-order chi connectivity index (χ0) is 26.6. The summed E-state index contributed by atoms with van der Waals surface area (Å²) in [5.41, 5.74) is 2.53. The summed E-state index contributed by atoms with van der Waals surface area (Å²) in [5.74, 6) is 1.63. The number of ether oxygens (including phenoxy) is 2. The highest BCUT2D eigenvalue weighted by molar-refractivity contribution is 5.84. The molecule has 0 spiro atoms. The van der Waals surface area contributed by atoms with Gasteiger partial charge in [-0.15, -0.1) is 0 Å². The highest BCUT2D eigenvalue weighted by Crippen LogP contribution is 2.31. The molecule has 2 amide bonds. The van der Waals surface area contributed by atoms with Gasteiger partial charge in [-0.3, -0.25) is 14.5 Å². The molecule has 2 saturated heterocycles. The van der Waals surface area contributed by atoms with Crippen molar-refractivity contribution < 1.29 is 19.1 Å². The SMILES string of the molecule is O=C(CCCc1cn(CN2CCN(C(=O)[C@@H]3COc4ccccc4O3)CC2)c2ccccc12)N1CCCCC1. The summed E-state index contributed by atoms with van der Waals surface area (Å²) < 4.78 is 14.0. The van der Waals surface area contributed by atoms with Crippen molar-refractivity contribution in [2.24, 2.45) is 0 Å². The number of benzene rings is 2. The summed E-state index contributed by atoms with van der Waals surface area (Å²) in [6.45, 7) is 5.84. The summed E-state index contributed by atoms with van der Waals surface area (Å²) in [6, 6.07) is 16.0. The van der Waals surface area contributed by atoms with E-state index in [2.05, 4.69) is 39.9 Å². The number of aryl methyl sites for hydroxylation is 1. The molecule has 4 heterocycles. The molecular weight excluding hydrogens is 492 g/mol. The van der Waals surface area contributed by atoms with Gasteiger partial charge in [-0.25, -0.2) is 0 Å². The second-order valence-electron chi connectivity index (χ2n) is 10.9. The predicted molar refractivity (Wildman–Crippen MR) is 150 cm³/mol. The van der Waals surface area contributed by atoms with Crippen LogP contribution >= 0.6 is 0 Å². The first-order valence-electron chi connectivity index (χ1n) is 14.4. The molecule has 8 nitrogen and oxygen atoms in total. The molecule has 6 rings (SSSR count). The van der Waals surface area contributed by atoms with E-state index < -0.39 is 6.10 Å². The Morgan fingerprint density at radius 3 is 2.38 bits per heavy atom. The first-order chi connectivity index (χ1) is 19.2. The van der Waals surface area contributed by atoms with Crippen molar-refractivity contribution in [3.05, 3.63) is 60.3 Å². The quantitative estimate of drug-likeness (QED) is 0.463. The van der Waals surface area contributed by atoms with Gasteiger partial charge in [-0.2, -0.15) is 0 Å². The number of hydrogen-bond donors (Lipinski definition) is 0. The number of amides is 2. The van der Waals surface area contributed by atoms with Crippen molar-refractivity contribution in [3.63, 3.8) is 0 Å². The van der Waals surface area contributed by atoms with Crippen LogP contribution in [0.25, 0.3) is 10.9 Å². The molecule has 39 heavy (non-hydrogen) atoms. The van der Waals surface area contributed by atoms with E-state index in [1.807, 2.05) is 34.1 Å². The summed E-state index contributed by atoms with van der Waals surface area (Å²) in [4.78, 5) is 32.1. The second kappa shape index (κ2) is 11.7. The van der Waals surface area contributed by atoms with Gasteiger partial charge in [-0.05, 0) is 55.9 Å². The van der Waals surface area contributed by atoms with Gasteiger partial charge in [0.2, 0.25) is 12.0 Å². The number of piperidine rings is 1. The Morgan fingerprint density at radius 1 is 0.821 bits per heavy atom. The third-order valence-corrected chi connectivity index (χ3v) is 8.24.